The highest BCUT2D eigenvalue weighted by Crippen LogP contribution is 2.37. The van der Waals surface area contributed by atoms with Crippen LogP contribution in [0.4, 0.5) is 13.2 Å². The van der Waals surface area contributed by atoms with E-state index in [-0.39, 0.29) is 43.2 Å². The number of esters is 1. The molecule has 2 aromatic heterocycles. The number of aliphatic hydroxyl groups is 2. The molecule has 206 valence electrons. The molecule has 0 aliphatic carbocycles. The quantitative estimate of drug-likeness (QED) is 0.352. The highest BCUT2D eigenvalue weighted by atomic mass is 19.4. The predicted molar refractivity (Wildman–Crippen MR) is 132 cm³/mol. The average Bonchev–Trinajstić information content (AvgIpc) is 3.26. The van der Waals surface area contributed by atoms with Crippen LogP contribution in [0.1, 0.15) is 55.8 Å². The van der Waals surface area contributed by atoms with Crippen molar-refractivity contribution in [2.24, 2.45) is 0 Å². The van der Waals surface area contributed by atoms with Crippen LogP contribution in [0.25, 0.3) is 17.1 Å². The zero-order valence-electron chi connectivity index (χ0n) is 21.6. The molecule has 0 saturated heterocycles. The monoisotopic (exact) mass is 536 g/mol. The van der Waals surface area contributed by atoms with E-state index in [1.807, 2.05) is 13.8 Å². The molecule has 12 heteroatoms. The molecule has 38 heavy (non-hydrogen) atoms. The summed E-state index contributed by atoms with van der Waals surface area (Å²) in [6.07, 6.45) is -5.08. The molecule has 0 saturated carbocycles. The van der Waals surface area contributed by atoms with Gasteiger partial charge in [-0.3, -0.25) is 4.79 Å². The zero-order valence-corrected chi connectivity index (χ0v) is 21.6. The Bertz CT molecular complexity index is 1250. The minimum Gasteiger partial charge on any atom is -0.469 e. The third kappa shape index (κ3) is 7.07. The smallest absolute Gasteiger partial charge is 0.416 e. The van der Waals surface area contributed by atoms with Gasteiger partial charge in [0.05, 0.1) is 49.8 Å². The summed E-state index contributed by atoms with van der Waals surface area (Å²) >= 11 is 0. The standard InChI is InChI=1S/C26H31F3N4O5/c1-15(2)23-20(9-8-18(34)13-19(35)14-22(36)37-3)24(16-6-5-7-17(12-16)26(27,28)29)33(32-23)21-10-11-30-25(31-21)38-4/h5-7,10-12,15,18-19,34-35H,8-9,13-14H2,1-4H3/t18-,19-/m1/s1. The van der Waals surface area contributed by atoms with E-state index in [1.54, 1.807) is 12.1 Å². The molecule has 0 spiro atoms. The summed E-state index contributed by atoms with van der Waals surface area (Å²) < 4.78 is 51.9. The first-order valence-electron chi connectivity index (χ1n) is 12.0. The van der Waals surface area contributed by atoms with Crippen molar-refractivity contribution in [2.75, 3.05) is 14.2 Å². The van der Waals surface area contributed by atoms with E-state index in [0.29, 0.717) is 22.8 Å². The maximum Gasteiger partial charge on any atom is 0.416 e. The fourth-order valence-electron chi connectivity index (χ4n) is 4.13. The molecular weight excluding hydrogens is 505 g/mol. The van der Waals surface area contributed by atoms with Crippen LogP contribution in [0.3, 0.4) is 0 Å². The fraction of sp³-hybridized carbons (Fsp3) is 0.462. The van der Waals surface area contributed by atoms with Gasteiger partial charge in [0.2, 0.25) is 0 Å². The summed E-state index contributed by atoms with van der Waals surface area (Å²) in [7, 11) is 2.61. The second-order valence-corrected chi connectivity index (χ2v) is 9.12. The number of carbonyl (C=O) groups is 1. The van der Waals surface area contributed by atoms with Crippen molar-refractivity contribution in [3.05, 3.63) is 53.3 Å². The molecule has 0 unspecified atom stereocenters. The van der Waals surface area contributed by atoms with Crippen molar-refractivity contribution in [2.45, 2.75) is 63.8 Å². The third-order valence-electron chi connectivity index (χ3n) is 5.94. The lowest BCUT2D eigenvalue weighted by Crippen LogP contribution is -2.22. The van der Waals surface area contributed by atoms with Crippen LogP contribution in [-0.4, -0.2) is 62.4 Å². The van der Waals surface area contributed by atoms with Gasteiger partial charge >= 0.3 is 18.2 Å². The van der Waals surface area contributed by atoms with Crippen LogP contribution in [0.15, 0.2) is 36.5 Å². The molecular formula is C26H31F3N4O5. The SMILES string of the molecule is COC(=O)C[C@H](O)C[C@H](O)CCc1c(C(C)C)nn(-c2ccnc(OC)n2)c1-c1cccc(C(F)(F)F)c1. The van der Waals surface area contributed by atoms with Crippen LogP contribution in [0.2, 0.25) is 0 Å². The van der Waals surface area contributed by atoms with Gasteiger partial charge in [0.1, 0.15) is 0 Å². The van der Waals surface area contributed by atoms with Gasteiger partial charge in [-0.2, -0.15) is 23.3 Å². The van der Waals surface area contributed by atoms with E-state index in [4.69, 9.17) is 9.84 Å². The summed E-state index contributed by atoms with van der Waals surface area (Å²) in [6.45, 7) is 3.81. The van der Waals surface area contributed by atoms with Crippen LogP contribution >= 0.6 is 0 Å². The Hall–Kier alpha value is -3.51. The normalized spacial score (nSPS) is 13.4. The van der Waals surface area contributed by atoms with Crippen molar-refractivity contribution in [3.8, 4) is 23.1 Å². The van der Waals surface area contributed by atoms with Gasteiger partial charge in [-0.15, -0.1) is 0 Å². The van der Waals surface area contributed by atoms with Crippen molar-refractivity contribution >= 4 is 5.97 Å². The van der Waals surface area contributed by atoms with E-state index in [0.717, 1.165) is 12.1 Å². The number of carbonyl (C=O) groups excluding carboxylic acids is 1. The number of alkyl halides is 3. The number of nitrogens with zero attached hydrogens (tertiary/aromatic N) is 4. The molecule has 1 aromatic carbocycles. The summed E-state index contributed by atoms with van der Waals surface area (Å²) in [6, 6.07) is 6.57. The second kappa shape index (κ2) is 12.4. The van der Waals surface area contributed by atoms with Crippen molar-refractivity contribution in [1.82, 2.24) is 19.7 Å². The van der Waals surface area contributed by atoms with Gasteiger partial charge in [0, 0.05) is 23.4 Å². The van der Waals surface area contributed by atoms with Crippen LogP contribution in [-0.2, 0) is 22.1 Å². The minimum absolute atomic E-state index is 0.0654. The van der Waals surface area contributed by atoms with Crippen LogP contribution in [0.5, 0.6) is 6.01 Å². The number of aromatic nitrogens is 4. The summed E-state index contributed by atoms with van der Waals surface area (Å²) in [5.41, 5.74) is 1.11. The van der Waals surface area contributed by atoms with Crippen molar-refractivity contribution in [1.29, 1.82) is 0 Å². The van der Waals surface area contributed by atoms with Crippen LogP contribution in [0, 0.1) is 0 Å². The molecule has 2 heterocycles. The lowest BCUT2D eigenvalue weighted by atomic mass is 9.94. The number of halogens is 3. The summed E-state index contributed by atoms with van der Waals surface area (Å²) in [5.74, 6) is -0.409. The molecule has 0 radical (unpaired) electrons. The first-order valence-corrected chi connectivity index (χ1v) is 12.0. The molecule has 0 aliphatic rings. The van der Waals surface area contributed by atoms with E-state index in [9.17, 15) is 28.2 Å². The molecule has 2 N–H and O–H groups in total. The van der Waals surface area contributed by atoms with E-state index >= 15 is 0 Å². The highest BCUT2D eigenvalue weighted by Gasteiger charge is 2.32. The number of methoxy groups -OCH3 is 2. The predicted octanol–water partition coefficient (Wildman–Crippen LogP) is 4.09. The van der Waals surface area contributed by atoms with Gasteiger partial charge in [-0.1, -0.05) is 26.0 Å². The molecule has 0 bridgehead atoms. The number of hydrogen-bond donors (Lipinski definition) is 2. The molecule has 3 aromatic rings. The molecule has 9 nitrogen and oxygen atoms in total. The van der Waals surface area contributed by atoms with Crippen LogP contribution < -0.4 is 4.74 Å². The first-order chi connectivity index (χ1) is 17.9. The second-order valence-electron chi connectivity index (χ2n) is 9.12. The topological polar surface area (TPSA) is 120 Å². The van der Waals surface area contributed by atoms with E-state index < -0.39 is 29.9 Å². The Morgan fingerprint density at radius 2 is 1.87 bits per heavy atom. The Labute approximate surface area is 218 Å². The fourth-order valence-corrected chi connectivity index (χ4v) is 4.13. The minimum atomic E-state index is -4.55. The maximum atomic E-state index is 13.6. The molecule has 0 aliphatic heterocycles. The number of aliphatic hydroxyl groups excluding tert-OH is 2. The highest BCUT2D eigenvalue weighted by molar-refractivity contribution is 5.69. The van der Waals surface area contributed by atoms with Gasteiger partial charge in [0.25, 0.3) is 0 Å². The van der Waals surface area contributed by atoms with E-state index in [2.05, 4.69) is 14.7 Å². The van der Waals surface area contributed by atoms with Gasteiger partial charge < -0.3 is 19.7 Å². The Kier molecular flexibility index (Phi) is 9.45. The van der Waals surface area contributed by atoms with Gasteiger partial charge in [0.15, 0.2) is 5.82 Å². The first kappa shape index (κ1) is 29.1. The lowest BCUT2D eigenvalue weighted by molar-refractivity contribution is -0.143. The molecule has 0 fully saturated rings. The maximum absolute atomic E-state index is 13.6. The number of benzene rings is 1. The number of ether oxygens (including phenoxy) is 2. The Morgan fingerprint density at radius 3 is 2.50 bits per heavy atom. The Morgan fingerprint density at radius 1 is 1.13 bits per heavy atom. The average molecular weight is 537 g/mol. The summed E-state index contributed by atoms with van der Waals surface area (Å²) in [5, 5.41) is 25.4. The molecule has 0 amide bonds. The van der Waals surface area contributed by atoms with Crippen molar-refractivity contribution in [3.63, 3.8) is 0 Å². The molecule has 2 atom stereocenters. The largest absolute Gasteiger partial charge is 0.469 e. The molecule has 3 rings (SSSR count). The van der Waals surface area contributed by atoms with Gasteiger partial charge in [-0.25, -0.2) is 9.67 Å². The van der Waals surface area contributed by atoms with Gasteiger partial charge in [-0.05, 0) is 37.3 Å². The summed E-state index contributed by atoms with van der Waals surface area (Å²) in [4.78, 5) is 19.7. The lowest BCUT2D eigenvalue weighted by Gasteiger charge is -2.16. The number of rotatable bonds is 11. The van der Waals surface area contributed by atoms with E-state index in [1.165, 1.54) is 31.2 Å². The zero-order chi connectivity index (χ0) is 28.0. The third-order valence-corrected chi connectivity index (χ3v) is 5.94. The Balaban J connectivity index is 2.08. The van der Waals surface area contributed by atoms with Crippen molar-refractivity contribution < 1.29 is 37.7 Å². The number of hydrogen-bond acceptors (Lipinski definition) is 8.